The zero-order valence-electron chi connectivity index (χ0n) is 11.9. The highest BCUT2D eigenvalue weighted by Crippen LogP contribution is 2.25. The molecule has 1 aliphatic heterocycles. The second-order valence-electron chi connectivity index (χ2n) is 5.11. The van der Waals surface area contributed by atoms with Crippen LogP contribution < -0.4 is 0 Å². The van der Waals surface area contributed by atoms with Crippen molar-refractivity contribution in [2.24, 2.45) is 0 Å². The lowest BCUT2D eigenvalue weighted by Crippen LogP contribution is -2.15. The summed E-state index contributed by atoms with van der Waals surface area (Å²) in [5.74, 6) is -0.269. The number of rotatable bonds is 3. The van der Waals surface area contributed by atoms with Crippen LogP contribution in [0.25, 0.3) is 0 Å². The molecular formula is C17H18ClNO2. The Bertz CT molecular complexity index is 628. The molecule has 0 unspecified atom stereocenters. The lowest BCUT2D eigenvalue weighted by molar-refractivity contribution is 0.0600. The van der Waals surface area contributed by atoms with Crippen molar-refractivity contribution in [3.8, 4) is 0 Å². The molecule has 0 bridgehead atoms. The van der Waals surface area contributed by atoms with Crippen molar-refractivity contribution in [1.29, 1.82) is 0 Å². The highest BCUT2D eigenvalue weighted by molar-refractivity contribution is 5.89. The first-order valence-corrected chi connectivity index (χ1v) is 6.72. The van der Waals surface area contributed by atoms with Crippen molar-refractivity contribution in [1.82, 2.24) is 4.90 Å². The molecule has 3 rings (SSSR count). The number of benzene rings is 2. The SMILES string of the molecule is COC(=O)c1ccc2c(c1)CN(Cc1ccccc1)C2.Cl. The Balaban J connectivity index is 0.00000161. The quantitative estimate of drug-likeness (QED) is 0.814. The zero-order valence-corrected chi connectivity index (χ0v) is 12.7. The van der Waals surface area contributed by atoms with Gasteiger partial charge in [-0.15, -0.1) is 12.4 Å². The van der Waals surface area contributed by atoms with E-state index in [4.69, 9.17) is 4.74 Å². The van der Waals surface area contributed by atoms with Crippen LogP contribution in [0.3, 0.4) is 0 Å². The second kappa shape index (κ2) is 6.74. The predicted molar refractivity (Wildman–Crippen MR) is 84.4 cm³/mol. The number of hydrogen-bond donors (Lipinski definition) is 0. The van der Waals surface area contributed by atoms with Crippen molar-refractivity contribution in [3.63, 3.8) is 0 Å². The predicted octanol–water partition coefficient (Wildman–Crippen LogP) is 3.41. The minimum absolute atomic E-state index is 0. The van der Waals surface area contributed by atoms with Crippen molar-refractivity contribution in [2.45, 2.75) is 19.6 Å². The lowest BCUT2D eigenvalue weighted by atomic mass is 10.1. The Hall–Kier alpha value is -1.84. The third-order valence-electron chi connectivity index (χ3n) is 3.66. The normalized spacial score (nSPS) is 13.4. The summed E-state index contributed by atoms with van der Waals surface area (Å²) in [6, 6.07) is 16.3. The molecule has 0 N–H and O–H groups in total. The van der Waals surface area contributed by atoms with E-state index in [0.29, 0.717) is 5.56 Å². The number of ether oxygens (including phenoxy) is 1. The third-order valence-corrected chi connectivity index (χ3v) is 3.66. The first-order chi connectivity index (χ1) is 9.76. The van der Waals surface area contributed by atoms with Crippen LogP contribution in [0.2, 0.25) is 0 Å². The first-order valence-electron chi connectivity index (χ1n) is 6.72. The van der Waals surface area contributed by atoms with Crippen LogP contribution >= 0.6 is 12.4 Å². The van der Waals surface area contributed by atoms with Crippen molar-refractivity contribution < 1.29 is 9.53 Å². The molecule has 110 valence electrons. The van der Waals surface area contributed by atoms with E-state index in [1.165, 1.54) is 23.8 Å². The fourth-order valence-corrected chi connectivity index (χ4v) is 2.66. The Morgan fingerprint density at radius 2 is 1.81 bits per heavy atom. The molecule has 0 saturated heterocycles. The van der Waals surface area contributed by atoms with Crippen molar-refractivity contribution >= 4 is 18.4 Å². The number of carbonyl (C=O) groups excluding carboxylic acids is 1. The molecule has 0 aliphatic carbocycles. The van der Waals surface area contributed by atoms with Crippen LogP contribution in [0, 0.1) is 0 Å². The number of hydrogen-bond acceptors (Lipinski definition) is 3. The summed E-state index contributed by atoms with van der Waals surface area (Å²) in [6.45, 7) is 2.75. The maximum Gasteiger partial charge on any atom is 0.337 e. The molecule has 2 aromatic carbocycles. The van der Waals surface area contributed by atoms with Crippen LogP contribution in [0.4, 0.5) is 0 Å². The molecule has 0 spiro atoms. The van der Waals surface area contributed by atoms with Crippen LogP contribution in [0.15, 0.2) is 48.5 Å². The highest BCUT2D eigenvalue weighted by Gasteiger charge is 2.20. The van der Waals surface area contributed by atoms with Crippen molar-refractivity contribution in [3.05, 3.63) is 70.8 Å². The topological polar surface area (TPSA) is 29.5 Å². The Labute approximate surface area is 130 Å². The fourth-order valence-electron chi connectivity index (χ4n) is 2.66. The van der Waals surface area contributed by atoms with Gasteiger partial charge in [0, 0.05) is 19.6 Å². The van der Waals surface area contributed by atoms with Gasteiger partial charge in [0.05, 0.1) is 12.7 Å². The highest BCUT2D eigenvalue weighted by atomic mass is 35.5. The van der Waals surface area contributed by atoms with Gasteiger partial charge < -0.3 is 4.74 Å². The smallest absolute Gasteiger partial charge is 0.337 e. The van der Waals surface area contributed by atoms with Crippen LogP contribution in [-0.2, 0) is 24.4 Å². The maximum absolute atomic E-state index is 11.6. The van der Waals surface area contributed by atoms with Gasteiger partial charge in [-0.25, -0.2) is 4.79 Å². The van der Waals surface area contributed by atoms with Crippen LogP contribution in [-0.4, -0.2) is 18.0 Å². The number of methoxy groups -OCH3 is 1. The molecule has 21 heavy (non-hydrogen) atoms. The lowest BCUT2D eigenvalue weighted by Gasteiger charge is -2.14. The van der Waals surface area contributed by atoms with E-state index in [1.807, 2.05) is 24.3 Å². The molecule has 3 nitrogen and oxygen atoms in total. The minimum Gasteiger partial charge on any atom is -0.465 e. The molecule has 0 saturated carbocycles. The standard InChI is InChI=1S/C17H17NO2.ClH/c1-20-17(19)14-7-8-15-11-18(12-16(15)9-14)10-13-5-3-2-4-6-13;/h2-9H,10-12H2,1H3;1H. The zero-order chi connectivity index (χ0) is 13.9. The minimum atomic E-state index is -0.269. The van der Waals surface area contributed by atoms with Gasteiger partial charge in [0.25, 0.3) is 0 Å². The summed E-state index contributed by atoms with van der Waals surface area (Å²) in [7, 11) is 1.41. The van der Waals surface area contributed by atoms with Gasteiger partial charge >= 0.3 is 5.97 Å². The molecular weight excluding hydrogens is 286 g/mol. The number of halogens is 1. The van der Waals surface area contributed by atoms with Gasteiger partial charge in [0.2, 0.25) is 0 Å². The summed E-state index contributed by atoms with van der Waals surface area (Å²) >= 11 is 0. The van der Waals surface area contributed by atoms with Gasteiger partial charge in [-0.2, -0.15) is 0 Å². The Morgan fingerprint density at radius 3 is 2.52 bits per heavy atom. The fraction of sp³-hybridized carbons (Fsp3) is 0.235. The van der Waals surface area contributed by atoms with E-state index in [2.05, 4.69) is 29.2 Å². The molecule has 0 radical (unpaired) electrons. The summed E-state index contributed by atoms with van der Waals surface area (Å²) < 4.78 is 4.77. The number of esters is 1. The summed E-state index contributed by atoms with van der Waals surface area (Å²) in [5.41, 5.74) is 4.47. The molecule has 2 aromatic rings. The molecule has 0 amide bonds. The second-order valence-corrected chi connectivity index (χ2v) is 5.11. The van der Waals surface area contributed by atoms with Gasteiger partial charge in [0.1, 0.15) is 0 Å². The Morgan fingerprint density at radius 1 is 1.10 bits per heavy atom. The van der Waals surface area contributed by atoms with E-state index in [1.54, 1.807) is 0 Å². The van der Waals surface area contributed by atoms with E-state index < -0.39 is 0 Å². The van der Waals surface area contributed by atoms with Gasteiger partial charge in [-0.05, 0) is 28.8 Å². The molecule has 0 atom stereocenters. The molecule has 4 heteroatoms. The largest absolute Gasteiger partial charge is 0.465 e. The van der Waals surface area contributed by atoms with E-state index in [0.717, 1.165) is 19.6 Å². The van der Waals surface area contributed by atoms with Crippen LogP contribution in [0.1, 0.15) is 27.0 Å². The van der Waals surface area contributed by atoms with Crippen molar-refractivity contribution in [2.75, 3.05) is 7.11 Å². The number of nitrogens with zero attached hydrogens (tertiary/aromatic N) is 1. The number of carbonyl (C=O) groups is 1. The summed E-state index contributed by atoms with van der Waals surface area (Å²) in [6.07, 6.45) is 0. The van der Waals surface area contributed by atoms with Gasteiger partial charge in [-0.3, -0.25) is 4.90 Å². The average Bonchev–Trinajstić information content (AvgIpc) is 2.88. The maximum atomic E-state index is 11.6. The third kappa shape index (κ3) is 3.43. The number of fused-ring (bicyclic) bond motifs is 1. The van der Waals surface area contributed by atoms with E-state index in [9.17, 15) is 4.79 Å². The van der Waals surface area contributed by atoms with Gasteiger partial charge in [0.15, 0.2) is 0 Å². The first kappa shape index (κ1) is 15.5. The van der Waals surface area contributed by atoms with Crippen LogP contribution in [0.5, 0.6) is 0 Å². The molecule has 0 fully saturated rings. The Kier molecular flexibility index (Phi) is 4.99. The molecule has 0 aromatic heterocycles. The average molecular weight is 304 g/mol. The molecule has 1 aliphatic rings. The summed E-state index contributed by atoms with van der Waals surface area (Å²) in [4.78, 5) is 13.9. The summed E-state index contributed by atoms with van der Waals surface area (Å²) in [5, 5.41) is 0. The van der Waals surface area contributed by atoms with E-state index >= 15 is 0 Å². The monoisotopic (exact) mass is 303 g/mol. The van der Waals surface area contributed by atoms with E-state index in [-0.39, 0.29) is 18.4 Å². The van der Waals surface area contributed by atoms with Gasteiger partial charge in [-0.1, -0.05) is 36.4 Å². The molecule has 1 heterocycles.